The highest BCUT2D eigenvalue weighted by Crippen LogP contribution is 2.21. The molecule has 0 aliphatic carbocycles. The normalized spacial score (nSPS) is 13.2. The third kappa shape index (κ3) is 12.0. The van der Waals surface area contributed by atoms with Crippen LogP contribution in [0.1, 0.15) is 40.0 Å². The van der Waals surface area contributed by atoms with Crippen molar-refractivity contribution in [3.63, 3.8) is 0 Å². The summed E-state index contributed by atoms with van der Waals surface area (Å²) in [4.78, 5) is 2.45. The second kappa shape index (κ2) is 19.4. The maximum absolute atomic E-state index is 6.02. The molecule has 0 bridgehead atoms. The lowest BCUT2D eigenvalue weighted by molar-refractivity contribution is 0.0698. The van der Waals surface area contributed by atoms with Gasteiger partial charge in [0.05, 0.1) is 0 Å². The average molecular weight is 546 g/mol. The summed E-state index contributed by atoms with van der Waals surface area (Å²) in [6, 6.07) is 2.31. The Bertz CT molecular complexity index is 427. The Labute approximate surface area is 211 Å². The van der Waals surface area contributed by atoms with Crippen molar-refractivity contribution in [3.05, 3.63) is 0 Å². The maximum atomic E-state index is 6.02. The summed E-state index contributed by atoms with van der Waals surface area (Å²) in [5.74, 6) is 0. The third-order valence-electron chi connectivity index (χ3n) is 5.83. The molecule has 0 saturated carbocycles. The highest BCUT2D eigenvalue weighted by molar-refractivity contribution is 6.61. The van der Waals surface area contributed by atoms with E-state index >= 15 is 0 Å². The first-order chi connectivity index (χ1) is 16.3. The molecule has 0 heterocycles. The summed E-state index contributed by atoms with van der Waals surface area (Å²) >= 11 is 0. The molecule has 0 saturated heterocycles. The minimum Gasteiger partial charge on any atom is -0.377 e. The lowest BCUT2D eigenvalue weighted by Gasteiger charge is -2.30. The van der Waals surface area contributed by atoms with E-state index < -0.39 is 26.4 Å². The molecule has 0 aromatic rings. The van der Waals surface area contributed by atoms with E-state index in [1.54, 1.807) is 42.7 Å². The van der Waals surface area contributed by atoms with Crippen LogP contribution in [0.3, 0.4) is 0 Å². The summed E-state index contributed by atoms with van der Waals surface area (Å²) in [6.45, 7) is 10.4. The predicted octanol–water partition coefficient (Wildman–Crippen LogP) is 3.26. The van der Waals surface area contributed by atoms with Crippen LogP contribution in [0, 0.1) is 0 Å². The Morgan fingerprint density at radius 2 is 0.706 bits per heavy atom. The minimum absolute atomic E-state index is 0.589. The molecule has 0 N–H and O–H groups in total. The van der Waals surface area contributed by atoms with E-state index in [1.807, 2.05) is 20.8 Å². The van der Waals surface area contributed by atoms with Gasteiger partial charge in [0.2, 0.25) is 0 Å². The van der Waals surface area contributed by atoms with E-state index in [-0.39, 0.29) is 0 Å². The lowest BCUT2D eigenvalue weighted by Crippen LogP contribution is -2.46. The first kappa shape index (κ1) is 34.3. The van der Waals surface area contributed by atoms with Gasteiger partial charge in [-0.3, -0.25) is 0 Å². The molecule has 0 aromatic carbocycles. The predicted molar refractivity (Wildman–Crippen MR) is 139 cm³/mol. The largest absolute Gasteiger partial charge is 0.500 e. The van der Waals surface area contributed by atoms with Gasteiger partial charge in [-0.2, -0.15) is 0 Å². The first-order valence-electron chi connectivity index (χ1n) is 12.3. The van der Waals surface area contributed by atoms with Crippen LogP contribution in [0.2, 0.25) is 18.1 Å². The Balaban J connectivity index is 5.12. The van der Waals surface area contributed by atoms with Gasteiger partial charge in [-0.1, -0.05) is 0 Å². The first-order valence-corrected chi connectivity index (χ1v) is 18.1. The molecule has 0 fully saturated rings. The van der Waals surface area contributed by atoms with Gasteiger partial charge < -0.3 is 44.7 Å². The summed E-state index contributed by atoms with van der Waals surface area (Å²) in [7, 11) is 2.09. The highest BCUT2D eigenvalue weighted by Gasteiger charge is 2.40. The van der Waals surface area contributed by atoms with Crippen LogP contribution in [0.25, 0.3) is 0 Å². The van der Waals surface area contributed by atoms with Gasteiger partial charge in [0, 0.05) is 80.6 Å². The Morgan fingerprint density at radius 3 is 0.941 bits per heavy atom. The fraction of sp³-hybridized carbons (Fsp3) is 1.00. The molecule has 0 radical (unpaired) electrons. The van der Waals surface area contributed by atoms with Crippen molar-refractivity contribution >= 4 is 26.4 Å². The van der Waals surface area contributed by atoms with Gasteiger partial charge in [-0.05, 0) is 59.7 Å². The van der Waals surface area contributed by atoms with Crippen molar-refractivity contribution in [3.8, 4) is 0 Å². The van der Waals surface area contributed by atoms with E-state index in [1.165, 1.54) is 0 Å². The van der Waals surface area contributed by atoms with E-state index in [0.717, 1.165) is 57.0 Å². The molecular formula is C21H51NO9Si3. The summed E-state index contributed by atoms with van der Waals surface area (Å²) < 4.78 is 51.5. The van der Waals surface area contributed by atoms with E-state index in [0.29, 0.717) is 19.8 Å². The molecule has 0 spiro atoms. The average Bonchev–Trinajstić information content (AvgIpc) is 2.85. The molecule has 0 aliphatic heterocycles. The standard InChI is InChI=1S/C21H51NO9Si3/c1-10-29-34(30-11-2,31-12-3)21-15-18-22(16-13-19-32(23-4,24-5)25-6)17-14-20-33(26-7,27-8)28-9/h10-21H2,1-9H3. The van der Waals surface area contributed by atoms with Crippen LogP contribution >= 0.6 is 0 Å². The van der Waals surface area contributed by atoms with Crippen LogP contribution in [0.4, 0.5) is 0 Å². The Hall–Kier alpha value is 0.251. The topological polar surface area (TPSA) is 86.3 Å². The summed E-state index contributed by atoms with van der Waals surface area (Å²) in [6.07, 6.45) is 2.75. The molecule has 0 aliphatic rings. The van der Waals surface area contributed by atoms with Crippen LogP contribution in [-0.4, -0.2) is 113 Å². The van der Waals surface area contributed by atoms with Crippen molar-refractivity contribution in [2.45, 2.75) is 58.2 Å². The van der Waals surface area contributed by atoms with Crippen molar-refractivity contribution in [1.29, 1.82) is 0 Å². The maximum Gasteiger partial charge on any atom is 0.500 e. The zero-order chi connectivity index (χ0) is 25.9. The summed E-state index contributed by atoms with van der Waals surface area (Å²) in [5.41, 5.74) is 0. The highest BCUT2D eigenvalue weighted by atomic mass is 28.4. The molecular weight excluding hydrogens is 494 g/mol. The van der Waals surface area contributed by atoms with Crippen molar-refractivity contribution in [2.75, 3.05) is 82.1 Å². The van der Waals surface area contributed by atoms with Gasteiger partial charge in [0.15, 0.2) is 0 Å². The number of nitrogens with zero attached hydrogens (tertiary/aromatic N) is 1. The quantitative estimate of drug-likeness (QED) is 0.168. The molecule has 13 heteroatoms. The second-order valence-corrected chi connectivity index (χ2v) is 16.6. The molecule has 0 atom stereocenters. The lowest BCUT2D eigenvalue weighted by atomic mass is 10.3. The number of rotatable bonds is 24. The second-order valence-electron chi connectivity index (χ2n) is 7.73. The molecule has 206 valence electrons. The smallest absolute Gasteiger partial charge is 0.377 e. The molecule has 0 unspecified atom stereocenters. The number of hydrogen-bond donors (Lipinski definition) is 0. The molecule has 0 amide bonds. The zero-order valence-corrected chi connectivity index (χ0v) is 26.1. The zero-order valence-electron chi connectivity index (χ0n) is 23.1. The van der Waals surface area contributed by atoms with Crippen LogP contribution in [0.15, 0.2) is 0 Å². The van der Waals surface area contributed by atoms with Crippen LogP contribution in [0.5, 0.6) is 0 Å². The van der Waals surface area contributed by atoms with Crippen molar-refractivity contribution in [2.24, 2.45) is 0 Å². The van der Waals surface area contributed by atoms with Crippen molar-refractivity contribution < 1.29 is 39.8 Å². The fourth-order valence-corrected chi connectivity index (χ4v) is 10.0. The molecule has 0 rings (SSSR count). The van der Waals surface area contributed by atoms with E-state index in [2.05, 4.69) is 4.90 Å². The van der Waals surface area contributed by atoms with Gasteiger partial charge >= 0.3 is 26.4 Å². The third-order valence-corrected chi connectivity index (χ3v) is 14.6. The molecule has 10 nitrogen and oxygen atoms in total. The van der Waals surface area contributed by atoms with E-state index in [9.17, 15) is 0 Å². The van der Waals surface area contributed by atoms with Gasteiger partial charge in [-0.15, -0.1) is 0 Å². The monoisotopic (exact) mass is 545 g/mol. The van der Waals surface area contributed by atoms with Crippen LogP contribution in [-0.2, 0) is 39.8 Å². The minimum atomic E-state index is -2.65. The molecule has 0 aromatic heterocycles. The van der Waals surface area contributed by atoms with E-state index in [4.69, 9.17) is 39.8 Å². The summed E-state index contributed by atoms with van der Waals surface area (Å²) in [5, 5.41) is 0. The van der Waals surface area contributed by atoms with Crippen LogP contribution < -0.4 is 0 Å². The fourth-order valence-electron chi connectivity index (χ4n) is 4.01. The van der Waals surface area contributed by atoms with Crippen molar-refractivity contribution in [1.82, 2.24) is 4.90 Å². The SMILES string of the molecule is CCO[Si](CCCN(CCC[Si](OC)(OC)OC)CCC[Si](OC)(OC)OC)(OCC)OCC. The Kier molecular flexibility index (Phi) is 19.5. The van der Waals surface area contributed by atoms with Gasteiger partial charge in [0.1, 0.15) is 0 Å². The Morgan fingerprint density at radius 1 is 0.441 bits per heavy atom. The number of hydrogen-bond acceptors (Lipinski definition) is 10. The van der Waals surface area contributed by atoms with Gasteiger partial charge in [0.25, 0.3) is 0 Å². The van der Waals surface area contributed by atoms with Gasteiger partial charge in [-0.25, -0.2) is 0 Å². The molecule has 34 heavy (non-hydrogen) atoms.